The maximum absolute atomic E-state index is 12.8. The molecule has 140 valence electrons. The Morgan fingerprint density at radius 2 is 2.00 bits per heavy atom. The van der Waals surface area contributed by atoms with E-state index in [1.165, 1.54) is 6.08 Å². The minimum atomic E-state index is -0.554. The molecule has 0 saturated heterocycles. The predicted molar refractivity (Wildman–Crippen MR) is 104 cm³/mol. The zero-order valence-electron chi connectivity index (χ0n) is 15.1. The molecule has 1 unspecified atom stereocenters. The number of benzene rings is 2. The maximum Gasteiger partial charge on any atom is 0.330 e. The molecular formula is C21H20ClNO4. The first-order valence-electron chi connectivity index (χ1n) is 8.67. The normalized spacial score (nSPS) is 16.0. The van der Waals surface area contributed by atoms with E-state index in [1.807, 2.05) is 37.3 Å². The van der Waals surface area contributed by atoms with Gasteiger partial charge >= 0.3 is 5.97 Å². The van der Waals surface area contributed by atoms with Gasteiger partial charge in [0.1, 0.15) is 11.9 Å². The number of aryl methyl sites for hydroxylation is 1. The monoisotopic (exact) mass is 385 g/mol. The van der Waals surface area contributed by atoms with Crippen molar-refractivity contribution in [2.24, 2.45) is 0 Å². The Morgan fingerprint density at radius 1 is 1.26 bits per heavy atom. The van der Waals surface area contributed by atoms with Gasteiger partial charge in [-0.1, -0.05) is 41.9 Å². The minimum absolute atomic E-state index is 0.253. The number of amides is 1. The zero-order valence-corrected chi connectivity index (χ0v) is 15.9. The molecule has 1 aliphatic rings. The van der Waals surface area contributed by atoms with Crippen molar-refractivity contribution in [1.82, 2.24) is 0 Å². The molecule has 0 fully saturated rings. The van der Waals surface area contributed by atoms with Gasteiger partial charge in [0.15, 0.2) is 0 Å². The van der Waals surface area contributed by atoms with Gasteiger partial charge in [-0.2, -0.15) is 0 Å². The molecule has 27 heavy (non-hydrogen) atoms. The Morgan fingerprint density at radius 3 is 2.70 bits per heavy atom. The van der Waals surface area contributed by atoms with Gasteiger partial charge in [-0.15, -0.1) is 0 Å². The molecule has 1 amide bonds. The first-order chi connectivity index (χ1) is 13.0. The van der Waals surface area contributed by atoms with Crippen molar-refractivity contribution in [3.8, 4) is 5.75 Å². The topological polar surface area (TPSA) is 55.8 Å². The molecule has 0 radical (unpaired) electrons. The number of hydrogen-bond donors (Lipinski definition) is 0. The van der Waals surface area contributed by atoms with E-state index in [0.717, 1.165) is 17.2 Å². The smallest absolute Gasteiger partial charge is 0.330 e. The van der Waals surface area contributed by atoms with E-state index in [9.17, 15) is 9.59 Å². The van der Waals surface area contributed by atoms with E-state index in [4.69, 9.17) is 21.1 Å². The van der Waals surface area contributed by atoms with Crippen LogP contribution in [0.5, 0.6) is 5.75 Å². The molecule has 6 heteroatoms. The van der Waals surface area contributed by atoms with Gasteiger partial charge in [-0.3, -0.25) is 4.79 Å². The van der Waals surface area contributed by atoms with Crippen molar-refractivity contribution in [3.63, 3.8) is 0 Å². The summed E-state index contributed by atoms with van der Waals surface area (Å²) in [6.45, 7) is 4.15. The largest absolute Gasteiger partial charge is 0.481 e. The number of esters is 1. The summed E-state index contributed by atoms with van der Waals surface area (Å²) in [5.74, 6) is -0.284. The first-order valence-corrected chi connectivity index (χ1v) is 9.05. The molecule has 1 heterocycles. The molecule has 1 atom stereocenters. The number of carbonyl (C=O) groups excluding carboxylic acids is 2. The molecule has 0 spiro atoms. The molecular weight excluding hydrogens is 366 g/mol. The fourth-order valence-electron chi connectivity index (χ4n) is 2.98. The fraction of sp³-hybridized carbons (Fsp3) is 0.238. The standard InChI is InChI=1S/C21H20ClNO4/c1-3-26-20(25)10-9-19(24)23-13-18(15-7-5-4-6-8-15)27-21-14(2)11-16(22)12-17(21)23/h4-12,18H,3,13H2,1-2H3. The molecule has 0 bridgehead atoms. The van der Waals surface area contributed by atoms with E-state index >= 15 is 0 Å². The van der Waals surface area contributed by atoms with Crippen LogP contribution in [0.15, 0.2) is 54.6 Å². The lowest BCUT2D eigenvalue weighted by atomic mass is 10.0. The lowest BCUT2D eigenvalue weighted by Crippen LogP contribution is -2.39. The number of fused-ring (bicyclic) bond motifs is 1. The van der Waals surface area contributed by atoms with E-state index < -0.39 is 5.97 Å². The second-order valence-corrected chi connectivity index (χ2v) is 6.56. The Kier molecular flexibility index (Phi) is 5.81. The summed E-state index contributed by atoms with van der Waals surface area (Å²) in [5.41, 5.74) is 2.39. The van der Waals surface area contributed by atoms with Crippen molar-refractivity contribution < 1.29 is 19.1 Å². The van der Waals surface area contributed by atoms with E-state index in [2.05, 4.69) is 0 Å². The number of halogens is 1. The summed E-state index contributed by atoms with van der Waals surface area (Å²) in [6, 6.07) is 13.2. The number of nitrogens with zero attached hydrogens (tertiary/aromatic N) is 1. The third kappa shape index (κ3) is 4.31. The van der Waals surface area contributed by atoms with Crippen LogP contribution >= 0.6 is 11.6 Å². The van der Waals surface area contributed by atoms with Crippen molar-refractivity contribution >= 4 is 29.2 Å². The Balaban J connectivity index is 1.96. The van der Waals surface area contributed by atoms with Gasteiger partial charge in [0.05, 0.1) is 18.8 Å². The second-order valence-electron chi connectivity index (χ2n) is 6.12. The van der Waals surface area contributed by atoms with Crippen molar-refractivity contribution in [1.29, 1.82) is 0 Å². The van der Waals surface area contributed by atoms with Gasteiger partial charge in [0, 0.05) is 17.2 Å². The predicted octanol–water partition coefficient (Wildman–Crippen LogP) is 4.23. The Labute approximate surface area is 163 Å². The molecule has 0 aliphatic carbocycles. The average molecular weight is 386 g/mol. The number of rotatable bonds is 4. The summed E-state index contributed by atoms with van der Waals surface area (Å²) < 4.78 is 11.0. The third-order valence-corrected chi connectivity index (χ3v) is 4.42. The van der Waals surface area contributed by atoms with Crippen molar-refractivity contribution in [2.45, 2.75) is 20.0 Å². The van der Waals surface area contributed by atoms with Crippen LogP contribution in [0.25, 0.3) is 0 Å². The highest BCUT2D eigenvalue weighted by Gasteiger charge is 2.31. The SMILES string of the molecule is CCOC(=O)C=CC(=O)N1CC(c2ccccc2)Oc2c(C)cc(Cl)cc21. The number of hydrogen-bond acceptors (Lipinski definition) is 4. The first kappa shape index (κ1) is 19.0. The van der Waals surface area contributed by atoms with Crippen molar-refractivity contribution in [2.75, 3.05) is 18.1 Å². The molecule has 0 N–H and O–H groups in total. The average Bonchev–Trinajstić information content (AvgIpc) is 2.66. The quantitative estimate of drug-likeness (QED) is 0.583. The van der Waals surface area contributed by atoms with E-state index in [1.54, 1.807) is 24.0 Å². The van der Waals surface area contributed by atoms with Gasteiger partial charge in [0.25, 0.3) is 5.91 Å². The molecule has 0 aromatic heterocycles. The minimum Gasteiger partial charge on any atom is -0.481 e. The number of anilines is 1. The maximum atomic E-state index is 12.8. The number of ether oxygens (including phenoxy) is 2. The van der Waals surface area contributed by atoms with Crippen LogP contribution in [0.2, 0.25) is 5.02 Å². The Bertz CT molecular complexity index is 879. The summed E-state index contributed by atoms with van der Waals surface area (Å²) in [7, 11) is 0. The molecule has 5 nitrogen and oxygen atoms in total. The van der Waals surface area contributed by atoms with Crippen LogP contribution < -0.4 is 9.64 Å². The van der Waals surface area contributed by atoms with E-state index in [0.29, 0.717) is 23.0 Å². The summed E-state index contributed by atoms with van der Waals surface area (Å²) in [4.78, 5) is 25.9. The third-order valence-electron chi connectivity index (χ3n) is 4.21. The molecule has 3 rings (SSSR count). The fourth-order valence-corrected chi connectivity index (χ4v) is 3.25. The highest BCUT2D eigenvalue weighted by molar-refractivity contribution is 6.31. The second kappa shape index (κ2) is 8.27. The molecule has 1 aliphatic heterocycles. The molecule has 0 saturated carbocycles. The van der Waals surface area contributed by atoms with Gasteiger partial charge in [-0.05, 0) is 37.1 Å². The zero-order chi connectivity index (χ0) is 19.4. The van der Waals surface area contributed by atoms with E-state index in [-0.39, 0.29) is 18.6 Å². The molecule has 2 aromatic carbocycles. The Hall–Kier alpha value is -2.79. The van der Waals surface area contributed by atoms with Crippen molar-refractivity contribution in [3.05, 3.63) is 70.8 Å². The van der Waals surface area contributed by atoms with Crippen LogP contribution in [0.4, 0.5) is 5.69 Å². The van der Waals surface area contributed by atoms with Crippen LogP contribution in [0, 0.1) is 6.92 Å². The highest BCUT2D eigenvalue weighted by atomic mass is 35.5. The lowest BCUT2D eigenvalue weighted by Gasteiger charge is -2.35. The van der Waals surface area contributed by atoms with Gasteiger partial charge in [-0.25, -0.2) is 4.79 Å². The molecule has 2 aromatic rings. The highest BCUT2D eigenvalue weighted by Crippen LogP contribution is 2.42. The summed E-state index contributed by atoms with van der Waals surface area (Å²) in [6.07, 6.45) is 2.03. The lowest BCUT2D eigenvalue weighted by molar-refractivity contribution is -0.137. The number of carbonyl (C=O) groups is 2. The van der Waals surface area contributed by atoms with Crippen LogP contribution in [0.1, 0.15) is 24.2 Å². The van der Waals surface area contributed by atoms with Crippen LogP contribution in [-0.4, -0.2) is 25.0 Å². The summed E-state index contributed by atoms with van der Waals surface area (Å²) in [5, 5.41) is 0.514. The summed E-state index contributed by atoms with van der Waals surface area (Å²) >= 11 is 6.19. The van der Waals surface area contributed by atoms with Crippen LogP contribution in [-0.2, 0) is 14.3 Å². The van der Waals surface area contributed by atoms with Gasteiger partial charge in [0.2, 0.25) is 0 Å². The van der Waals surface area contributed by atoms with Gasteiger partial charge < -0.3 is 14.4 Å². The van der Waals surface area contributed by atoms with Crippen LogP contribution in [0.3, 0.4) is 0 Å².